The van der Waals surface area contributed by atoms with E-state index in [9.17, 15) is 5.48 Å². The first-order chi connectivity index (χ1) is 26.6. The first-order valence-electron chi connectivity index (χ1n) is 19.5. The van der Waals surface area contributed by atoms with E-state index in [1.54, 1.807) is 11.3 Å². The monoisotopic (exact) mass is 620 g/mol. The molecule has 10 aromatic rings. The topological polar surface area (TPSA) is 0 Å². The molecule has 0 bridgehead atoms. The lowest BCUT2D eigenvalue weighted by Gasteiger charge is -2.18. The van der Waals surface area contributed by atoms with Crippen LogP contribution in [-0.2, 0) is 0 Å². The van der Waals surface area contributed by atoms with E-state index in [2.05, 4.69) is 48.5 Å². The molecular formula is C46H28S. The highest BCUT2D eigenvalue weighted by Gasteiger charge is 2.19. The molecular weight excluding hydrogens is 585 g/mol. The summed E-state index contributed by atoms with van der Waals surface area (Å²) >= 11 is 1.57. The maximum Gasteiger partial charge on any atom is 0.0629 e. The molecule has 9 aromatic carbocycles. The van der Waals surface area contributed by atoms with Gasteiger partial charge in [0.25, 0.3) is 0 Å². The van der Waals surface area contributed by atoms with Gasteiger partial charge < -0.3 is 0 Å². The van der Waals surface area contributed by atoms with Crippen molar-refractivity contribution in [2.75, 3.05) is 0 Å². The number of hydrogen-bond donors (Lipinski definition) is 0. The van der Waals surface area contributed by atoms with Crippen LogP contribution in [0.25, 0.3) is 96.6 Å². The highest BCUT2D eigenvalue weighted by Crippen LogP contribution is 2.48. The minimum atomic E-state index is -0.413. The second kappa shape index (κ2) is 10.4. The third kappa shape index (κ3) is 4.07. The maximum atomic E-state index is 9.43. The number of thiophene rings is 1. The zero-order chi connectivity index (χ0) is 37.9. The van der Waals surface area contributed by atoms with Gasteiger partial charge in [-0.3, -0.25) is 0 Å². The Balaban J connectivity index is 1.36. The summed E-state index contributed by atoms with van der Waals surface area (Å²) in [5.41, 5.74) is 3.90. The summed E-state index contributed by atoms with van der Waals surface area (Å²) in [4.78, 5) is 0. The predicted molar refractivity (Wildman–Crippen MR) is 206 cm³/mol. The highest BCUT2D eigenvalue weighted by atomic mass is 32.1. The zero-order valence-electron chi connectivity index (χ0n) is 33.0. The quantitative estimate of drug-likeness (QED) is 0.172. The normalized spacial score (nSPS) is 14.2. The molecule has 1 heterocycles. The van der Waals surface area contributed by atoms with Crippen LogP contribution >= 0.6 is 11.3 Å². The minimum absolute atomic E-state index is 0.209. The number of benzene rings is 9. The maximum absolute atomic E-state index is 9.43. The van der Waals surface area contributed by atoms with Crippen molar-refractivity contribution in [1.82, 2.24) is 0 Å². The first kappa shape index (κ1) is 19.7. The van der Waals surface area contributed by atoms with Gasteiger partial charge in [-0.25, -0.2) is 0 Å². The fraction of sp³-hybridized carbons (Fsp3) is 0. The van der Waals surface area contributed by atoms with Crippen molar-refractivity contribution < 1.29 is 11.0 Å². The molecule has 47 heavy (non-hydrogen) atoms. The molecule has 0 N–H and O–H groups in total. The van der Waals surface area contributed by atoms with Gasteiger partial charge in [-0.15, -0.1) is 11.3 Å². The van der Waals surface area contributed by atoms with E-state index < -0.39 is 24.2 Å². The smallest absolute Gasteiger partial charge is 0.0629 e. The van der Waals surface area contributed by atoms with Crippen molar-refractivity contribution in [2.24, 2.45) is 0 Å². The lowest BCUT2D eigenvalue weighted by Crippen LogP contribution is -1.91. The summed E-state index contributed by atoms with van der Waals surface area (Å²) in [5, 5.41) is 7.22. The molecule has 0 spiro atoms. The summed E-state index contributed by atoms with van der Waals surface area (Å²) < 4.78 is 74.9. The van der Waals surface area contributed by atoms with E-state index in [1.807, 2.05) is 72.8 Å². The molecule has 10 rings (SSSR count). The molecule has 0 nitrogen and oxygen atoms in total. The van der Waals surface area contributed by atoms with Crippen LogP contribution in [0.5, 0.6) is 0 Å². The van der Waals surface area contributed by atoms with Crippen LogP contribution in [0.15, 0.2) is 170 Å². The van der Waals surface area contributed by atoms with Crippen LogP contribution in [-0.4, -0.2) is 0 Å². The molecule has 218 valence electrons. The van der Waals surface area contributed by atoms with Crippen molar-refractivity contribution >= 4 is 74.6 Å². The van der Waals surface area contributed by atoms with E-state index in [0.717, 1.165) is 52.8 Å². The molecule has 0 radical (unpaired) electrons. The largest absolute Gasteiger partial charge is 0.135 e. The van der Waals surface area contributed by atoms with E-state index in [1.165, 1.54) is 0 Å². The van der Waals surface area contributed by atoms with Gasteiger partial charge in [0.05, 0.1) is 11.0 Å². The summed E-state index contributed by atoms with van der Waals surface area (Å²) in [6.07, 6.45) is 0. The zero-order valence-corrected chi connectivity index (χ0v) is 25.8. The summed E-state index contributed by atoms with van der Waals surface area (Å²) in [6.45, 7) is 0. The standard InChI is InChI=1S/C46H28S/c1-2-13-33-28-43-42(27-32(33)12-1)40-21-10-22-41(46(40)47-43)45-38-18-7-5-16-36(38)44(37-17-6-8-19-39(37)45)31-25-23-30(24-26-31)35-20-9-14-29-11-3-4-15-34(29)35/h1-28H/i5D,6D,7D,8D,16D,17D,18D,19D. The molecule has 0 amide bonds. The van der Waals surface area contributed by atoms with Crippen LogP contribution in [0.2, 0.25) is 0 Å². The molecule has 0 fully saturated rings. The van der Waals surface area contributed by atoms with Gasteiger partial charge in [-0.2, -0.15) is 0 Å². The Morgan fingerprint density at radius 2 is 0.915 bits per heavy atom. The molecule has 0 aliphatic heterocycles. The van der Waals surface area contributed by atoms with E-state index >= 15 is 0 Å². The van der Waals surface area contributed by atoms with Gasteiger partial charge in [-0.05, 0) is 83.0 Å². The molecule has 0 saturated heterocycles. The molecule has 0 aliphatic carbocycles. The average molecular weight is 621 g/mol. The fourth-order valence-corrected chi connectivity index (χ4v) is 8.41. The lowest BCUT2D eigenvalue weighted by molar-refractivity contribution is 1.63. The third-order valence-corrected chi connectivity index (χ3v) is 10.5. The van der Waals surface area contributed by atoms with E-state index in [4.69, 9.17) is 5.48 Å². The minimum Gasteiger partial charge on any atom is -0.135 e. The number of fused-ring (bicyclic) bond motifs is 7. The number of hydrogen-bond acceptors (Lipinski definition) is 1. The van der Waals surface area contributed by atoms with E-state index in [0.29, 0.717) is 22.3 Å². The van der Waals surface area contributed by atoms with Crippen LogP contribution in [0.3, 0.4) is 0 Å². The molecule has 0 aliphatic rings. The van der Waals surface area contributed by atoms with Crippen molar-refractivity contribution in [1.29, 1.82) is 0 Å². The van der Waals surface area contributed by atoms with Crippen LogP contribution in [0.4, 0.5) is 0 Å². The van der Waals surface area contributed by atoms with E-state index in [-0.39, 0.29) is 45.7 Å². The molecule has 0 atom stereocenters. The van der Waals surface area contributed by atoms with Gasteiger partial charge in [0, 0.05) is 25.7 Å². The van der Waals surface area contributed by atoms with Crippen molar-refractivity contribution in [3.8, 4) is 33.4 Å². The van der Waals surface area contributed by atoms with Crippen LogP contribution < -0.4 is 0 Å². The predicted octanol–water partition coefficient (Wildman–Crippen LogP) is 13.7. The third-order valence-electron chi connectivity index (χ3n) is 9.28. The Bertz CT molecular complexity index is 3210. The van der Waals surface area contributed by atoms with Crippen molar-refractivity contribution in [2.45, 2.75) is 0 Å². The second-order valence-electron chi connectivity index (χ2n) is 11.8. The van der Waals surface area contributed by atoms with Crippen LogP contribution in [0, 0.1) is 0 Å². The average Bonchev–Trinajstić information content (AvgIpc) is 3.59. The summed E-state index contributed by atoms with van der Waals surface area (Å²) in [5.74, 6) is 0. The Morgan fingerprint density at radius 3 is 1.64 bits per heavy atom. The number of rotatable bonds is 3. The second-order valence-corrected chi connectivity index (χ2v) is 12.9. The van der Waals surface area contributed by atoms with Gasteiger partial charge in [0.15, 0.2) is 0 Å². The molecule has 1 heteroatoms. The Morgan fingerprint density at radius 1 is 0.383 bits per heavy atom. The SMILES string of the molecule is [2H]c1c([2H])c([2H])c2c(-c3cccc4c3sc3cc5ccccc5cc34)c3c([2H])c([2H])c([2H])c([2H])c3c(-c3ccc(-c4cccc5ccccc45)cc3)c2c1[2H]. The van der Waals surface area contributed by atoms with Crippen LogP contribution in [0.1, 0.15) is 11.0 Å². The molecule has 0 unspecified atom stereocenters. The van der Waals surface area contributed by atoms with Crippen molar-refractivity contribution in [3.05, 3.63) is 170 Å². The van der Waals surface area contributed by atoms with Crippen molar-refractivity contribution in [3.63, 3.8) is 0 Å². The van der Waals surface area contributed by atoms with Gasteiger partial charge in [0.1, 0.15) is 0 Å². The van der Waals surface area contributed by atoms with Gasteiger partial charge in [0.2, 0.25) is 0 Å². The highest BCUT2D eigenvalue weighted by molar-refractivity contribution is 7.26. The fourth-order valence-electron chi connectivity index (χ4n) is 7.16. The summed E-state index contributed by atoms with van der Waals surface area (Å²) in [7, 11) is 0. The Labute approximate surface area is 288 Å². The van der Waals surface area contributed by atoms with Gasteiger partial charge in [-0.1, -0.05) is 158 Å². The van der Waals surface area contributed by atoms with Gasteiger partial charge >= 0.3 is 0 Å². The molecule has 0 saturated carbocycles. The molecule has 1 aromatic heterocycles. The Hall–Kier alpha value is -5.76. The first-order valence-corrected chi connectivity index (χ1v) is 16.3. The summed E-state index contributed by atoms with van der Waals surface area (Å²) in [6, 6.07) is 37.5. The Kier molecular flexibility index (Phi) is 4.35. The lowest BCUT2D eigenvalue weighted by atomic mass is 9.85.